The number of likely N-dealkylation sites (tertiary alicyclic amines) is 1. The fourth-order valence-corrected chi connectivity index (χ4v) is 4.30. The summed E-state index contributed by atoms with van der Waals surface area (Å²) in [6.45, 7) is 2.86. The van der Waals surface area contributed by atoms with Crippen LogP contribution in [0.2, 0.25) is 0 Å². The average molecular weight is 414 g/mol. The lowest BCUT2D eigenvalue weighted by Crippen LogP contribution is -2.47. The number of ether oxygens (including phenoxy) is 1. The van der Waals surface area contributed by atoms with Crippen LogP contribution < -0.4 is 10.6 Å². The highest BCUT2D eigenvalue weighted by Gasteiger charge is 2.26. The molecule has 2 fully saturated rings. The van der Waals surface area contributed by atoms with Gasteiger partial charge < -0.3 is 30.2 Å². The van der Waals surface area contributed by atoms with Crippen molar-refractivity contribution in [3.05, 3.63) is 30.0 Å². The van der Waals surface area contributed by atoms with Crippen LogP contribution >= 0.6 is 0 Å². The van der Waals surface area contributed by atoms with Crippen LogP contribution in [-0.4, -0.2) is 79.2 Å². The standard InChI is InChI=1S/C22H31N5O3/c1-26(2)16-5-4-10-27(14-16)21(28)20-13-17-18(24-20)6-3-7-19(17)25-22(29)23-15-8-11-30-12-9-15/h3,6-7,13,15-16,24H,4-5,8-12,14H2,1-2H3,(H2,23,25,29). The quantitative estimate of drug-likeness (QED) is 0.719. The van der Waals surface area contributed by atoms with Gasteiger partial charge in [-0.15, -0.1) is 0 Å². The molecule has 0 aliphatic carbocycles. The van der Waals surface area contributed by atoms with Gasteiger partial charge in [0.2, 0.25) is 0 Å². The topological polar surface area (TPSA) is 89.7 Å². The molecular weight excluding hydrogens is 382 g/mol. The molecule has 0 bridgehead atoms. The van der Waals surface area contributed by atoms with Gasteiger partial charge >= 0.3 is 6.03 Å². The number of rotatable bonds is 4. The molecule has 3 heterocycles. The molecule has 2 aliphatic rings. The largest absolute Gasteiger partial charge is 0.381 e. The first-order valence-electron chi connectivity index (χ1n) is 10.7. The van der Waals surface area contributed by atoms with E-state index in [1.54, 1.807) is 0 Å². The molecule has 2 aliphatic heterocycles. The van der Waals surface area contributed by atoms with Crippen molar-refractivity contribution in [1.82, 2.24) is 20.1 Å². The van der Waals surface area contributed by atoms with E-state index in [1.807, 2.05) is 29.2 Å². The molecule has 3 amide bonds. The molecule has 162 valence electrons. The van der Waals surface area contributed by atoms with E-state index in [0.717, 1.165) is 49.7 Å². The van der Waals surface area contributed by atoms with Gasteiger partial charge in [-0.2, -0.15) is 0 Å². The Hall–Kier alpha value is -2.58. The van der Waals surface area contributed by atoms with Crippen molar-refractivity contribution in [2.75, 3.05) is 45.7 Å². The Balaban J connectivity index is 1.47. The molecule has 0 spiro atoms. The number of urea groups is 1. The molecule has 1 aromatic heterocycles. The third kappa shape index (κ3) is 4.60. The molecule has 1 aromatic carbocycles. The fraction of sp³-hybridized carbons (Fsp3) is 0.545. The molecule has 2 saturated heterocycles. The van der Waals surface area contributed by atoms with E-state index in [1.165, 1.54) is 0 Å². The number of H-pyrrole nitrogens is 1. The molecule has 1 unspecified atom stereocenters. The van der Waals surface area contributed by atoms with E-state index in [2.05, 4.69) is 34.6 Å². The van der Waals surface area contributed by atoms with Gasteiger partial charge in [0.05, 0.1) is 5.69 Å². The number of piperidine rings is 1. The zero-order valence-corrected chi connectivity index (χ0v) is 17.7. The van der Waals surface area contributed by atoms with Crippen molar-refractivity contribution >= 4 is 28.5 Å². The van der Waals surface area contributed by atoms with Crippen molar-refractivity contribution in [2.45, 2.75) is 37.8 Å². The van der Waals surface area contributed by atoms with Crippen LogP contribution in [0.15, 0.2) is 24.3 Å². The number of carbonyl (C=O) groups is 2. The maximum Gasteiger partial charge on any atom is 0.319 e. The number of aromatic amines is 1. The summed E-state index contributed by atoms with van der Waals surface area (Å²) in [6, 6.07) is 7.79. The lowest BCUT2D eigenvalue weighted by Gasteiger charge is -2.35. The van der Waals surface area contributed by atoms with Crippen LogP contribution in [0.5, 0.6) is 0 Å². The number of anilines is 1. The molecule has 4 rings (SSSR count). The lowest BCUT2D eigenvalue weighted by atomic mass is 10.0. The summed E-state index contributed by atoms with van der Waals surface area (Å²) in [5, 5.41) is 6.79. The van der Waals surface area contributed by atoms with Gasteiger partial charge in [0.25, 0.3) is 5.91 Å². The smallest absolute Gasteiger partial charge is 0.319 e. The summed E-state index contributed by atoms with van der Waals surface area (Å²) < 4.78 is 5.34. The molecule has 2 aromatic rings. The van der Waals surface area contributed by atoms with E-state index in [0.29, 0.717) is 30.6 Å². The molecule has 3 N–H and O–H groups in total. The number of nitrogens with zero attached hydrogens (tertiary/aromatic N) is 2. The first-order chi connectivity index (χ1) is 14.5. The van der Waals surface area contributed by atoms with Crippen LogP contribution in [0, 0.1) is 0 Å². The maximum absolute atomic E-state index is 13.1. The van der Waals surface area contributed by atoms with Crippen molar-refractivity contribution in [3.8, 4) is 0 Å². The summed E-state index contributed by atoms with van der Waals surface area (Å²) >= 11 is 0. The van der Waals surface area contributed by atoms with Crippen LogP contribution in [-0.2, 0) is 4.74 Å². The van der Waals surface area contributed by atoms with E-state index >= 15 is 0 Å². The van der Waals surface area contributed by atoms with Gasteiger partial charge in [-0.25, -0.2) is 4.79 Å². The van der Waals surface area contributed by atoms with Crippen molar-refractivity contribution in [2.24, 2.45) is 0 Å². The van der Waals surface area contributed by atoms with Crippen molar-refractivity contribution in [3.63, 3.8) is 0 Å². The summed E-state index contributed by atoms with van der Waals surface area (Å²) in [6.07, 6.45) is 3.77. The van der Waals surface area contributed by atoms with Gasteiger partial charge in [0, 0.05) is 49.3 Å². The monoisotopic (exact) mass is 413 g/mol. The first kappa shape index (κ1) is 20.7. The number of hydrogen-bond acceptors (Lipinski definition) is 4. The van der Waals surface area contributed by atoms with E-state index in [9.17, 15) is 9.59 Å². The number of likely N-dealkylation sites (N-methyl/N-ethyl adjacent to an activating group) is 1. The van der Waals surface area contributed by atoms with Crippen LogP contribution in [0.4, 0.5) is 10.5 Å². The minimum Gasteiger partial charge on any atom is -0.381 e. The lowest BCUT2D eigenvalue weighted by molar-refractivity contribution is 0.0630. The minimum absolute atomic E-state index is 0.00959. The summed E-state index contributed by atoms with van der Waals surface area (Å²) in [4.78, 5) is 32.9. The second-order valence-corrected chi connectivity index (χ2v) is 8.45. The number of benzene rings is 1. The van der Waals surface area contributed by atoms with Crippen LogP contribution in [0.25, 0.3) is 10.9 Å². The van der Waals surface area contributed by atoms with E-state index in [4.69, 9.17) is 4.74 Å². The van der Waals surface area contributed by atoms with Gasteiger partial charge in [-0.1, -0.05) is 6.07 Å². The second kappa shape index (κ2) is 9.06. The molecule has 30 heavy (non-hydrogen) atoms. The Labute approximate surface area is 176 Å². The zero-order chi connectivity index (χ0) is 21.1. The van der Waals surface area contributed by atoms with E-state index in [-0.39, 0.29) is 18.0 Å². The van der Waals surface area contributed by atoms with Crippen LogP contribution in [0.1, 0.15) is 36.2 Å². The van der Waals surface area contributed by atoms with E-state index < -0.39 is 0 Å². The molecule has 1 atom stereocenters. The SMILES string of the molecule is CN(C)C1CCCN(C(=O)c2cc3c(NC(=O)NC4CCOCC4)cccc3[nH]2)C1. The zero-order valence-electron chi connectivity index (χ0n) is 17.7. The Bertz CT molecular complexity index is 903. The third-order valence-corrected chi connectivity index (χ3v) is 6.11. The number of aromatic nitrogens is 1. The number of nitrogens with one attached hydrogen (secondary N) is 3. The van der Waals surface area contributed by atoms with Gasteiger partial charge in [-0.05, 0) is 58.0 Å². The number of fused-ring (bicyclic) bond motifs is 1. The Morgan fingerprint density at radius 3 is 2.77 bits per heavy atom. The minimum atomic E-state index is -0.228. The Morgan fingerprint density at radius 1 is 1.20 bits per heavy atom. The van der Waals surface area contributed by atoms with Gasteiger partial charge in [-0.3, -0.25) is 4.79 Å². The predicted octanol–water partition coefficient (Wildman–Crippen LogP) is 2.63. The Morgan fingerprint density at radius 2 is 2.00 bits per heavy atom. The molecule has 0 radical (unpaired) electrons. The maximum atomic E-state index is 13.1. The normalized spacial score (nSPS) is 20.5. The number of amides is 3. The third-order valence-electron chi connectivity index (χ3n) is 6.11. The molecular formula is C22H31N5O3. The Kier molecular flexibility index (Phi) is 6.24. The van der Waals surface area contributed by atoms with Crippen molar-refractivity contribution in [1.29, 1.82) is 0 Å². The van der Waals surface area contributed by atoms with Gasteiger partial charge in [0.1, 0.15) is 5.69 Å². The highest BCUT2D eigenvalue weighted by Crippen LogP contribution is 2.26. The predicted molar refractivity (Wildman–Crippen MR) is 117 cm³/mol. The summed E-state index contributed by atoms with van der Waals surface area (Å²) in [5.74, 6) is 0.00959. The highest BCUT2D eigenvalue weighted by molar-refractivity contribution is 6.05. The summed E-state index contributed by atoms with van der Waals surface area (Å²) in [7, 11) is 4.12. The highest BCUT2D eigenvalue weighted by atomic mass is 16.5. The average Bonchev–Trinajstić information content (AvgIpc) is 3.19. The summed E-state index contributed by atoms with van der Waals surface area (Å²) in [5.41, 5.74) is 2.09. The first-order valence-corrected chi connectivity index (χ1v) is 10.7. The molecule has 0 saturated carbocycles. The van der Waals surface area contributed by atoms with Crippen LogP contribution in [0.3, 0.4) is 0 Å². The second-order valence-electron chi connectivity index (χ2n) is 8.45. The number of hydrogen-bond donors (Lipinski definition) is 3. The van der Waals surface area contributed by atoms with Gasteiger partial charge in [0.15, 0.2) is 0 Å². The van der Waals surface area contributed by atoms with Crippen molar-refractivity contribution < 1.29 is 14.3 Å². The molecule has 8 heteroatoms. The molecule has 8 nitrogen and oxygen atoms in total. The number of carbonyl (C=O) groups excluding carboxylic acids is 2. The fourth-order valence-electron chi connectivity index (χ4n) is 4.30.